The Bertz CT molecular complexity index is 518. The van der Waals surface area contributed by atoms with Gasteiger partial charge in [-0.2, -0.15) is 0 Å². The monoisotopic (exact) mass is 283 g/mol. The molecule has 1 heterocycles. The summed E-state index contributed by atoms with van der Waals surface area (Å²) in [5.41, 5.74) is 1.16. The quantitative estimate of drug-likeness (QED) is 0.798. The van der Waals surface area contributed by atoms with Gasteiger partial charge >= 0.3 is 0 Å². The van der Waals surface area contributed by atoms with Crippen LogP contribution in [0.3, 0.4) is 0 Å². The first-order chi connectivity index (χ1) is 8.61. The summed E-state index contributed by atoms with van der Waals surface area (Å²) in [4.78, 5) is 0. The molecule has 0 unspecified atom stereocenters. The van der Waals surface area contributed by atoms with Crippen LogP contribution < -0.4 is 0 Å². The number of hydrogen-bond donors (Lipinski definition) is 0. The summed E-state index contributed by atoms with van der Waals surface area (Å²) in [6.07, 6.45) is 0.735. The lowest BCUT2D eigenvalue weighted by molar-refractivity contribution is 0.557. The molecule has 1 aromatic carbocycles. The minimum absolute atomic E-state index is 0.302. The van der Waals surface area contributed by atoms with Crippen LogP contribution in [0.5, 0.6) is 0 Å². The highest BCUT2D eigenvalue weighted by Crippen LogP contribution is 2.17. The second-order valence-corrected chi connectivity index (χ2v) is 5.14. The SMILES string of the molecule is CC(C)n1c(CCl)nnc1Cc1ccc(Cl)cc1. The van der Waals surface area contributed by atoms with E-state index >= 15 is 0 Å². The molecule has 0 atom stereocenters. The Morgan fingerprint density at radius 3 is 2.28 bits per heavy atom. The van der Waals surface area contributed by atoms with Crippen molar-refractivity contribution in [2.75, 3.05) is 0 Å². The normalized spacial score (nSPS) is 11.2. The van der Waals surface area contributed by atoms with E-state index in [2.05, 4.69) is 28.6 Å². The number of hydrogen-bond acceptors (Lipinski definition) is 2. The Balaban J connectivity index is 2.28. The smallest absolute Gasteiger partial charge is 0.148 e. The first-order valence-electron chi connectivity index (χ1n) is 5.85. The minimum atomic E-state index is 0.302. The molecule has 0 spiro atoms. The lowest BCUT2D eigenvalue weighted by Gasteiger charge is -2.13. The molecule has 0 bridgehead atoms. The maximum atomic E-state index is 5.87. The highest BCUT2D eigenvalue weighted by molar-refractivity contribution is 6.30. The topological polar surface area (TPSA) is 30.7 Å². The number of benzene rings is 1. The van der Waals surface area contributed by atoms with E-state index in [1.54, 1.807) is 0 Å². The van der Waals surface area contributed by atoms with Crippen molar-refractivity contribution in [2.24, 2.45) is 0 Å². The Labute approximate surface area is 117 Å². The third-order valence-corrected chi connectivity index (χ3v) is 3.24. The van der Waals surface area contributed by atoms with Gasteiger partial charge in [0.05, 0.1) is 5.88 Å². The summed E-state index contributed by atoms with van der Waals surface area (Å²) in [7, 11) is 0. The second-order valence-electron chi connectivity index (χ2n) is 4.43. The molecule has 18 heavy (non-hydrogen) atoms. The van der Waals surface area contributed by atoms with Gasteiger partial charge in [0.2, 0.25) is 0 Å². The molecule has 0 N–H and O–H groups in total. The van der Waals surface area contributed by atoms with E-state index < -0.39 is 0 Å². The van der Waals surface area contributed by atoms with Crippen molar-refractivity contribution in [1.29, 1.82) is 0 Å². The largest absolute Gasteiger partial charge is 0.311 e. The van der Waals surface area contributed by atoms with Crippen LogP contribution in [0.4, 0.5) is 0 Å². The van der Waals surface area contributed by atoms with Crippen LogP contribution in [0.1, 0.15) is 37.1 Å². The number of halogens is 2. The minimum Gasteiger partial charge on any atom is -0.311 e. The van der Waals surface area contributed by atoms with Crippen molar-refractivity contribution in [3.8, 4) is 0 Å². The van der Waals surface area contributed by atoms with Gasteiger partial charge in [0.25, 0.3) is 0 Å². The molecule has 5 heteroatoms. The maximum Gasteiger partial charge on any atom is 0.148 e. The van der Waals surface area contributed by atoms with Crippen LogP contribution in [0.25, 0.3) is 0 Å². The highest BCUT2D eigenvalue weighted by atomic mass is 35.5. The number of alkyl halides is 1. The summed E-state index contributed by atoms with van der Waals surface area (Å²) >= 11 is 11.7. The van der Waals surface area contributed by atoms with Crippen LogP contribution >= 0.6 is 23.2 Å². The van der Waals surface area contributed by atoms with Crippen molar-refractivity contribution in [3.05, 3.63) is 46.5 Å². The predicted molar refractivity (Wildman–Crippen MR) is 74.2 cm³/mol. The molecular formula is C13H15Cl2N3. The molecule has 0 fully saturated rings. The molecule has 2 aromatic rings. The number of nitrogens with zero attached hydrogens (tertiary/aromatic N) is 3. The van der Waals surface area contributed by atoms with E-state index in [0.29, 0.717) is 11.9 Å². The molecule has 96 valence electrons. The summed E-state index contributed by atoms with van der Waals surface area (Å²) in [5, 5.41) is 9.09. The van der Waals surface area contributed by atoms with E-state index in [1.807, 2.05) is 24.3 Å². The third kappa shape index (κ3) is 2.85. The van der Waals surface area contributed by atoms with Gasteiger partial charge in [0.15, 0.2) is 0 Å². The molecule has 1 aromatic heterocycles. The molecule has 0 aliphatic carbocycles. The zero-order valence-electron chi connectivity index (χ0n) is 10.4. The van der Waals surface area contributed by atoms with Gasteiger partial charge in [0, 0.05) is 17.5 Å². The summed E-state index contributed by atoms with van der Waals surface area (Å²) in [5.74, 6) is 2.13. The van der Waals surface area contributed by atoms with Gasteiger partial charge in [-0.1, -0.05) is 23.7 Å². The average Bonchev–Trinajstić information content (AvgIpc) is 2.75. The summed E-state index contributed by atoms with van der Waals surface area (Å²) in [6.45, 7) is 4.20. The fourth-order valence-corrected chi connectivity index (χ4v) is 2.26. The standard InChI is InChI=1S/C13H15Cl2N3/c1-9(2)18-12(16-17-13(18)8-14)7-10-3-5-11(15)6-4-10/h3-6,9H,7-8H2,1-2H3. The zero-order chi connectivity index (χ0) is 13.1. The van der Waals surface area contributed by atoms with Gasteiger partial charge in [-0.3, -0.25) is 0 Å². The molecule has 2 rings (SSSR count). The first-order valence-corrected chi connectivity index (χ1v) is 6.76. The molecular weight excluding hydrogens is 269 g/mol. The Hall–Kier alpha value is -1.06. The maximum absolute atomic E-state index is 5.87. The molecule has 3 nitrogen and oxygen atoms in total. The lowest BCUT2D eigenvalue weighted by Crippen LogP contribution is -2.10. The van der Waals surface area contributed by atoms with Crippen LogP contribution in [-0.4, -0.2) is 14.8 Å². The van der Waals surface area contributed by atoms with Crippen LogP contribution in [0, 0.1) is 0 Å². The average molecular weight is 284 g/mol. The zero-order valence-corrected chi connectivity index (χ0v) is 11.9. The van der Waals surface area contributed by atoms with Crippen molar-refractivity contribution in [1.82, 2.24) is 14.8 Å². The second kappa shape index (κ2) is 5.72. The van der Waals surface area contributed by atoms with Gasteiger partial charge in [-0.15, -0.1) is 21.8 Å². The fourth-order valence-electron chi connectivity index (χ4n) is 1.95. The van der Waals surface area contributed by atoms with Crippen molar-refractivity contribution in [3.63, 3.8) is 0 Å². The molecule has 0 aliphatic heterocycles. The molecule has 0 saturated carbocycles. The van der Waals surface area contributed by atoms with Crippen molar-refractivity contribution < 1.29 is 0 Å². The van der Waals surface area contributed by atoms with E-state index in [1.165, 1.54) is 0 Å². The van der Waals surface area contributed by atoms with E-state index in [4.69, 9.17) is 23.2 Å². The van der Waals surface area contributed by atoms with Crippen LogP contribution in [0.15, 0.2) is 24.3 Å². The molecule has 0 aliphatic rings. The van der Waals surface area contributed by atoms with Crippen molar-refractivity contribution >= 4 is 23.2 Å². The van der Waals surface area contributed by atoms with Gasteiger partial charge in [-0.05, 0) is 31.5 Å². The Kier molecular flexibility index (Phi) is 4.25. The van der Waals surface area contributed by atoms with Crippen LogP contribution in [0.2, 0.25) is 5.02 Å². The molecule has 0 amide bonds. The van der Waals surface area contributed by atoms with E-state index in [0.717, 1.165) is 28.7 Å². The fraction of sp³-hybridized carbons (Fsp3) is 0.385. The molecule has 0 radical (unpaired) electrons. The van der Waals surface area contributed by atoms with Gasteiger partial charge < -0.3 is 4.57 Å². The van der Waals surface area contributed by atoms with Gasteiger partial charge in [-0.25, -0.2) is 0 Å². The highest BCUT2D eigenvalue weighted by Gasteiger charge is 2.14. The summed E-state index contributed by atoms with van der Waals surface area (Å²) in [6, 6.07) is 8.07. The third-order valence-electron chi connectivity index (χ3n) is 2.75. The van der Waals surface area contributed by atoms with Gasteiger partial charge in [0.1, 0.15) is 11.6 Å². The lowest BCUT2D eigenvalue weighted by atomic mass is 10.1. The van der Waals surface area contributed by atoms with E-state index in [9.17, 15) is 0 Å². The van der Waals surface area contributed by atoms with Crippen molar-refractivity contribution in [2.45, 2.75) is 32.2 Å². The molecule has 0 saturated heterocycles. The predicted octanol–water partition coefficient (Wildman–Crippen LogP) is 3.84. The van der Waals surface area contributed by atoms with E-state index in [-0.39, 0.29) is 0 Å². The number of rotatable bonds is 4. The number of aromatic nitrogens is 3. The Morgan fingerprint density at radius 1 is 1.11 bits per heavy atom. The first kappa shape index (κ1) is 13.4. The van der Waals surface area contributed by atoms with Crippen LogP contribution in [-0.2, 0) is 12.3 Å². The summed E-state index contributed by atoms with van der Waals surface area (Å²) < 4.78 is 2.08. The Morgan fingerprint density at radius 2 is 1.72 bits per heavy atom.